The smallest absolute Gasteiger partial charge is 0.179 e. The summed E-state index contributed by atoms with van der Waals surface area (Å²) >= 11 is 0. The Balaban J connectivity index is 1.33. The maximum Gasteiger partial charge on any atom is 0.179 e. The second-order valence-corrected chi connectivity index (χ2v) is 10.2. The lowest BCUT2D eigenvalue weighted by Gasteiger charge is -2.19. The monoisotopic (exact) mass is 603 g/mol. The third kappa shape index (κ3) is 5.13. The predicted octanol–water partition coefficient (Wildman–Crippen LogP) is 4.40. The van der Waals surface area contributed by atoms with Crippen LogP contribution in [0.15, 0.2) is 113 Å². The molecule has 0 saturated heterocycles. The zero-order chi connectivity index (χ0) is 30.7. The number of benzene rings is 4. The van der Waals surface area contributed by atoms with E-state index in [0.717, 1.165) is 61.4 Å². The Morgan fingerprint density at radius 1 is 0.435 bits per heavy atom. The Labute approximate surface area is 259 Å². The van der Waals surface area contributed by atoms with Gasteiger partial charge in [0.2, 0.25) is 0 Å². The number of nitrogens with one attached hydrogen (secondary N) is 3. The molecule has 0 spiro atoms. The lowest BCUT2D eigenvalue weighted by molar-refractivity contribution is 0.881. The largest absolute Gasteiger partial charge is 0.239 e. The van der Waals surface area contributed by atoms with Crippen molar-refractivity contribution in [1.82, 2.24) is 61.9 Å². The molecule has 0 amide bonds. The van der Waals surface area contributed by atoms with E-state index in [1.807, 2.05) is 36.4 Å². The molecule has 3 N–H and O–H groups in total. The van der Waals surface area contributed by atoms with Crippen LogP contribution in [0.3, 0.4) is 0 Å². The molecule has 0 unspecified atom stereocenters. The minimum absolute atomic E-state index is 0.464. The first kappa shape index (κ1) is 26.7. The molecule has 220 valence electrons. The van der Waals surface area contributed by atoms with E-state index >= 15 is 0 Å². The SMILES string of the molecule is c1cc(C(=C(c2ccc(-c3nnn[nH]3)cc2)c2ccc(-c3nnn[nH]3)cc2)c2ccc(-c3nnn[nH]3)cc2)ccc1C1=NN=NC1. The average Bonchev–Trinajstić information content (AvgIpc) is 3.96. The molecular weight excluding hydrogens is 582 g/mol. The van der Waals surface area contributed by atoms with E-state index in [2.05, 4.69) is 138 Å². The second kappa shape index (κ2) is 11.6. The molecule has 15 nitrogen and oxygen atoms in total. The average molecular weight is 604 g/mol. The summed E-state index contributed by atoms with van der Waals surface area (Å²) in [4.78, 5) is 0. The lowest BCUT2D eigenvalue weighted by atomic mass is 9.84. The summed E-state index contributed by atoms with van der Waals surface area (Å²) in [5.41, 5.74) is 10.4. The summed E-state index contributed by atoms with van der Waals surface area (Å²) in [6.45, 7) is 0.464. The van der Waals surface area contributed by atoms with Crippen LogP contribution in [-0.2, 0) is 0 Å². The molecular formula is C31H21N15. The van der Waals surface area contributed by atoms with Crippen molar-refractivity contribution in [2.45, 2.75) is 0 Å². The molecule has 0 bridgehead atoms. The molecule has 4 aromatic carbocycles. The molecule has 15 heteroatoms. The van der Waals surface area contributed by atoms with Gasteiger partial charge < -0.3 is 0 Å². The molecule has 1 aliphatic rings. The van der Waals surface area contributed by atoms with Crippen LogP contribution in [0.5, 0.6) is 0 Å². The molecule has 0 fully saturated rings. The third-order valence-corrected chi connectivity index (χ3v) is 7.58. The van der Waals surface area contributed by atoms with Crippen LogP contribution < -0.4 is 0 Å². The van der Waals surface area contributed by atoms with Gasteiger partial charge in [0.15, 0.2) is 17.5 Å². The topological polar surface area (TPSA) is 200 Å². The quantitative estimate of drug-likeness (QED) is 0.210. The maximum absolute atomic E-state index is 4.17. The van der Waals surface area contributed by atoms with Crippen molar-refractivity contribution in [3.05, 3.63) is 125 Å². The van der Waals surface area contributed by atoms with Crippen LogP contribution in [-0.4, -0.2) is 74.1 Å². The van der Waals surface area contributed by atoms with Gasteiger partial charge in [0.25, 0.3) is 0 Å². The Morgan fingerprint density at radius 2 is 0.783 bits per heavy atom. The van der Waals surface area contributed by atoms with Crippen LogP contribution >= 0.6 is 0 Å². The summed E-state index contributed by atoms with van der Waals surface area (Å²) in [5.74, 6) is 1.76. The number of aromatic nitrogens is 12. The lowest BCUT2D eigenvalue weighted by Crippen LogP contribution is -2.02. The van der Waals surface area contributed by atoms with Crippen molar-refractivity contribution < 1.29 is 0 Å². The molecule has 4 heterocycles. The van der Waals surface area contributed by atoms with Crippen molar-refractivity contribution in [2.24, 2.45) is 15.4 Å². The molecule has 3 aromatic heterocycles. The van der Waals surface area contributed by atoms with E-state index in [1.54, 1.807) is 0 Å². The summed E-state index contributed by atoms with van der Waals surface area (Å²) < 4.78 is 0. The van der Waals surface area contributed by atoms with Gasteiger partial charge in [-0.05, 0) is 75.5 Å². The fourth-order valence-corrected chi connectivity index (χ4v) is 5.33. The summed E-state index contributed by atoms with van der Waals surface area (Å²) in [6, 6.07) is 32.7. The molecule has 0 atom stereocenters. The Morgan fingerprint density at radius 3 is 1.07 bits per heavy atom. The summed E-state index contributed by atoms with van der Waals surface area (Å²) in [5, 5.41) is 55.0. The summed E-state index contributed by atoms with van der Waals surface area (Å²) in [7, 11) is 0. The van der Waals surface area contributed by atoms with Crippen LogP contribution in [0.25, 0.3) is 45.3 Å². The van der Waals surface area contributed by atoms with Crippen LogP contribution in [0.4, 0.5) is 0 Å². The van der Waals surface area contributed by atoms with E-state index in [1.165, 1.54) is 0 Å². The number of aromatic amines is 3. The van der Waals surface area contributed by atoms with Crippen molar-refractivity contribution >= 4 is 16.9 Å². The molecule has 46 heavy (non-hydrogen) atoms. The van der Waals surface area contributed by atoms with Gasteiger partial charge in [-0.3, -0.25) is 0 Å². The first-order chi connectivity index (χ1) is 22.8. The van der Waals surface area contributed by atoms with Crippen LogP contribution in [0, 0.1) is 0 Å². The van der Waals surface area contributed by atoms with Crippen molar-refractivity contribution in [3.8, 4) is 34.2 Å². The van der Waals surface area contributed by atoms with Gasteiger partial charge in [-0.25, -0.2) is 15.3 Å². The maximum atomic E-state index is 4.17. The first-order valence-electron chi connectivity index (χ1n) is 14.1. The van der Waals surface area contributed by atoms with Gasteiger partial charge in [0, 0.05) is 16.7 Å². The molecule has 1 aliphatic heterocycles. The van der Waals surface area contributed by atoms with E-state index in [0.29, 0.717) is 24.0 Å². The standard InChI is InChI=1S/C31H21N15/c1-3-19(4-2-18(1)26-17-32-40-33-26)27(20-5-11-23(12-6-20)29-34-41-42-35-29)28(21-7-13-24(14-8-21)30-36-43-44-37-30)22-9-15-25(16-10-22)31-38-45-46-39-31/h1-16H,17H2,(H,34,35,41,42)(H,36,37,43,44)(H,38,39,45,46). The van der Waals surface area contributed by atoms with Gasteiger partial charge in [0.1, 0.15) is 6.54 Å². The number of nitrogens with zero attached hydrogens (tertiary/aromatic N) is 12. The van der Waals surface area contributed by atoms with Gasteiger partial charge in [0.05, 0.1) is 5.71 Å². The van der Waals surface area contributed by atoms with Gasteiger partial charge in [-0.1, -0.05) is 97.1 Å². The third-order valence-electron chi connectivity index (χ3n) is 7.58. The second-order valence-electron chi connectivity index (χ2n) is 10.2. The van der Waals surface area contributed by atoms with Crippen molar-refractivity contribution in [2.75, 3.05) is 6.54 Å². The number of tetrazole rings is 3. The van der Waals surface area contributed by atoms with Crippen LogP contribution in [0.1, 0.15) is 27.8 Å². The van der Waals surface area contributed by atoms with E-state index in [4.69, 9.17) is 0 Å². The van der Waals surface area contributed by atoms with Crippen molar-refractivity contribution in [3.63, 3.8) is 0 Å². The fraction of sp³-hybridized carbons (Fsp3) is 0.0323. The highest BCUT2D eigenvalue weighted by Gasteiger charge is 2.19. The molecule has 0 aliphatic carbocycles. The minimum Gasteiger partial charge on any atom is -0.239 e. The Kier molecular flexibility index (Phi) is 6.76. The van der Waals surface area contributed by atoms with Crippen LogP contribution in [0.2, 0.25) is 0 Å². The van der Waals surface area contributed by atoms with E-state index in [9.17, 15) is 0 Å². The normalized spacial score (nSPS) is 12.3. The first-order valence-corrected chi connectivity index (χ1v) is 14.1. The minimum atomic E-state index is 0.464. The molecule has 7 aromatic rings. The number of rotatable bonds is 8. The molecule has 0 saturated carbocycles. The van der Waals surface area contributed by atoms with Gasteiger partial charge in [-0.2, -0.15) is 5.11 Å². The highest BCUT2D eigenvalue weighted by molar-refractivity contribution is 6.06. The zero-order valence-corrected chi connectivity index (χ0v) is 23.8. The van der Waals surface area contributed by atoms with Crippen molar-refractivity contribution in [1.29, 1.82) is 0 Å². The number of hydrogen-bond acceptors (Lipinski definition) is 12. The van der Waals surface area contributed by atoms with E-state index < -0.39 is 0 Å². The molecule has 0 radical (unpaired) electrons. The Hall–Kier alpha value is -6.90. The van der Waals surface area contributed by atoms with E-state index in [-0.39, 0.29) is 0 Å². The number of H-pyrrole nitrogens is 3. The molecule has 8 rings (SSSR count). The zero-order valence-electron chi connectivity index (χ0n) is 23.8. The summed E-state index contributed by atoms with van der Waals surface area (Å²) in [6.07, 6.45) is 0. The predicted molar refractivity (Wildman–Crippen MR) is 167 cm³/mol. The van der Waals surface area contributed by atoms with Gasteiger partial charge in [-0.15, -0.1) is 20.4 Å². The fourth-order valence-electron chi connectivity index (χ4n) is 5.33. The highest BCUT2D eigenvalue weighted by atomic mass is 15.5. The Bertz CT molecular complexity index is 2080. The number of hydrogen-bond donors (Lipinski definition) is 3. The van der Waals surface area contributed by atoms with Gasteiger partial charge >= 0.3 is 0 Å². The highest BCUT2D eigenvalue weighted by Crippen LogP contribution is 2.38.